The Bertz CT molecular complexity index is 760. The molecule has 0 unspecified atom stereocenters. The monoisotopic (exact) mass is 383 g/mol. The molecule has 1 aromatic heterocycles. The average molecular weight is 383 g/mol. The first-order chi connectivity index (χ1) is 11.7. The Balaban J connectivity index is 1.81. The lowest BCUT2D eigenvalue weighted by Crippen LogP contribution is -2.48. The van der Waals surface area contributed by atoms with E-state index >= 15 is 0 Å². The maximum absolute atomic E-state index is 13.1. The van der Waals surface area contributed by atoms with Crippen LogP contribution < -0.4 is 16.0 Å². The third kappa shape index (κ3) is 7.06. The van der Waals surface area contributed by atoms with Crippen LogP contribution in [0.1, 0.15) is 20.8 Å². The zero-order valence-electron chi connectivity index (χ0n) is 13.9. The van der Waals surface area contributed by atoms with Crippen LogP contribution in [0.4, 0.5) is 20.0 Å². The topological polar surface area (TPSA) is 96.0 Å². The van der Waals surface area contributed by atoms with E-state index in [1.54, 1.807) is 12.1 Å². The van der Waals surface area contributed by atoms with Crippen molar-refractivity contribution in [3.8, 4) is 0 Å². The average Bonchev–Trinajstić information content (AvgIpc) is 2.90. The number of nitrogens with zero attached hydrogens (tertiary/aromatic N) is 2. The molecule has 0 radical (unpaired) electrons. The van der Waals surface area contributed by atoms with Crippen LogP contribution in [0, 0.1) is 5.82 Å². The number of hydrogen-bond donors (Lipinski definition) is 3. The van der Waals surface area contributed by atoms with Crippen LogP contribution in [-0.2, 0) is 4.79 Å². The van der Waals surface area contributed by atoms with Gasteiger partial charge in [0, 0.05) is 11.2 Å². The Labute approximate surface area is 152 Å². The minimum absolute atomic E-state index is 0.0339. The highest BCUT2D eigenvalue weighted by molar-refractivity contribution is 8.01. The highest BCUT2D eigenvalue weighted by atomic mass is 32.2. The molecule has 7 nitrogen and oxygen atoms in total. The van der Waals surface area contributed by atoms with E-state index in [1.807, 2.05) is 20.8 Å². The lowest BCUT2D eigenvalue weighted by atomic mass is 10.1. The van der Waals surface area contributed by atoms with Crippen LogP contribution in [0.25, 0.3) is 0 Å². The number of carbonyl (C=O) groups is 2. The molecule has 0 saturated carbocycles. The predicted molar refractivity (Wildman–Crippen MR) is 96.7 cm³/mol. The lowest BCUT2D eigenvalue weighted by Gasteiger charge is -2.20. The summed E-state index contributed by atoms with van der Waals surface area (Å²) >= 11 is 2.39. The fourth-order valence-electron chi connectivity index (χ4n) is 1.67. The SMILES string of the molecule is CC(C)(C)NC(=O)NC(=O)CSc1nnc(Nc2cccc(F)c2)s1. The summed E-state index contributed by atoms with van der Waals surface area (Å²) in [5, 5.41) is 16.2. The van der Waals surface area contributed by atoms with Crippen LogP contribution >= 0.6 is 23.1 Å². The molecule has 0 aliphatic heterocycles. The van der Waals surface area contributed by atoms with E-state index in [1.165, 1.54) is 23.5 Å². The molecule has 3 N–H and O–H groups in total. The van der Waals surface area contributed by atoms with Crippen LogP contribution in [0.5, 0.6) is 0 Å². The lowest BCUT2D eigenvalue weighted by molar-refractivity contribution is -0.117. The molecule has 1 heterocycles. The molecule has 0 spiro atoms. The molecular formula is C15H18FN5O2S2. The summed E-state index contributed by atoms with van der Waals surface area (Å²) in [5.74, 6) is -0.748. The molecule has 0 aliphatic carbocycles. The molecule has 0 bridgehead atoms. The maximum Gasteiger partial charge on any atom is 0.321 e. The first-order valence-corrected chi connectivity index (χ1v) is 9.12. The second-order valence-corrected chi connectivity index (χ2v) is 8.25. The Morgan fingerprint density at radius 1 is 1.28 bits per heavy atom. The largest absolute Gasteiger partial charge is 0.333 e. The van der Waals surface area contributed by atoms with Gasteiger partial charge in [-0.15, -0.1) is 10.2 Å². The molecule has 134 valence electrons. The van der Waals surface area contributed by atoms with Gasteiger partial charge in [-0.2, -0.15) is 0 Å². The smallest absolute Gasteiger partial charge is 0.321 e. The van der Waals surface area contributed by atoms with Gasteiger partial charge in [0.2, 0.25) is 11.0 Å². The van der Waals surface area contributed by atoms with E-state index in [2.05, 4.69) is 26.1 Å². The molecule has 2 aromatic rings. The quantitative estimate of drug-likeness (QED) is 0.687. The normalized spacial score (nSPS) is 11.0. The minimum atomic E-state index is -0.538. The Kier molecular flexibility index (Phi) is 6.32. The van der Waals surface area contributed by atoms with Crippen molar-refractivity contribution in [3.05, 3.63) is 30.1 Å². The number of hydrogen-bond acceptors (Lipinski definition) is 7. The fourth-order valence-corrected chi connectivity index (χ4v) is 3.24. The number of nitrogens with one attached hydrogen (secondary N) is 3. The zero-order chi connectivity index (χ0) is 18.4. The molecular weight excluding hydrogens is 365 g/mol. The van der Waals surface area contributed by atoms with Crippen LogP contribution in [0.15, 0.2) is 28.6 Å². The van der Waals surface area contributed by atoms with Gasteiger partial charge in [0.15, 0.2) is 4.34 Å². The number of urea groups is 1. The summed E-state index contributed by atoms with van der Waals surface area (Å²) in [5.41, 5.74) is 0.137. The molecule has 0 aliphatic rings. The molecule has 10 heteroatoms. The highest BCUT2D eigenvalue weighted by Gasteiger charge is 2.16. The predicted octanol–water partition coefficient (Wildman–Crippen LogP) is 3.14. The number of carbonyl (C=O) groups excluding carboxylic acids is 2. The molecule has 2 rings (SSSR count). The summed E-state index contributed by atoms with van der Waals surface area (Å²) in [6, 6.07) is 5.44. The third-order valence-electron chi connectivity index (χ3n) is 2.55. The van der Waals surface area contributed by atoms with Gasteiger partial charge in [-0.3, -0.25) is 10.1 Å². The summed E-state index contributed by atoms with van der Waals surface area (Å²) in [4.78, 5) is 23.4. The van der Waals surface area contributed by atoms with Crippen molar-refractivity contribution in [2.24, 2.45) is 0 Å². The number of anilines is 2. The van der Waals surface area contributed by atoms with E-state index in [0.29, 0.717) is 15.2 Å². The van der Waals surface area contributed by atoms with Gasteiger partial charge >= 0.3 is 6.03 Å². The zero-order valence-corrected chi connectivity index (χ0v) is 15.6. The van der Waals surface area contributed by atoms with Crippen molar-refractivity contribution in [1.82, 2.24) is 20.8 Å². The molecule has 0 atom stereocenters. The van der Waals surface area contributed by atoms with Crippen molar-refractivity contribution in [1.29, 1.82) is 0 Å². The fraction of sp³-hybridized carbons (Fsp3) is 0.333. The number of amides is 3. The number of thioether (sulfide) groups is 1. The molecule has 0 fully saturated rings. The van der Waals surface area contributed by atoms with Gasteiger partial charge in [0.05, 0.1) is 5.75 Å². The minimum Gasteiger partial charge on any atom is -0.333 e. The van der Waals surface area contributed by atoms with E-state index in [9.17, 15) is 14.0 Å². The van der Waals surface area contributed by atoms with E-state index in [4.69, 9.17) is 0 Å². The van der Waals surface area contributed by atoms with E-state index < -0.39 is 17.5 Å². The summed E-state index contributed by atoms with van der Waals surface area (Å²) in [6.07, 6.45) is 0. The van der Waals surface area contributed by atoms with Crippen molar-refractivity contribution < 1.29 is 14.0 Å². The standard InChI is InChI=1S/C15H18FN5O2S2/c1-15(2,3)19-12(23)18-11(22)8-24-14-21-20-13(25-14)17-10-6-4-5-9(16)7-10/h4-7H,8H2,1-3H3,(H,17,20)(H2,18,19,22,23). The highest BCUT2D eigenvalue weighted by Crippen LogP contribution is 2.27. The van der Waals surface area contributed by atoms with Gasteiger partial charge in [-0.25, -0.2) is 9.18 Å². The number of rotatable bonds is 5. The van der Waals surface area contributed by atoms with Gasteiger partial charge in [0.1, 0.15) is 5.82 Å². The summed E-state index contributed by atoms with van der Waals surface area (Å²) in [6.45, 7) is 5.46. The number of aromatic nitrogens is 2. The van der Waals surface area contributed by atoms with E-state index in [0.717, 1.165) is 11.8 Å². The first kappa shape index (κ1) is 19.1. The maximum atomic E-state index is 13.1. The molecule has 0 saturated heterocycles. The molecule has 1 aromatic carbocycles. The number of benzene rings is 1. The second-order valence-electron chi connectivity index (χ2n) is 6.05. The molecule has 25 heavy (non-hydrogen) atoms. The van der Waals surface area contributed by atoms with Crippen molar-refractivity contribution >= 4 is 45.9 Å². The molecule has 3 amide bonds. The van der Waals surface area contributed by atoms with E-state index in [-0.39, 0.29) is 11.6 Å². The number of halogens is 1. The van der Waals surface area contributed by atoms with Crippen LogP contribution in [0.3, 0.4) is 0 Å². The van der Waals surface area contributed by atoms with Gasteiger partial charge in [-0.05, 0) is 39.0 Å². The summed E-state index contributed by atoms with van der Waals surface area (Å²) in [7, 11) is 0. The summed E-state index contributed by atoms with van der Waals surface area (Å²) < 4.78 is 13.7. The number of imide groups is 1. The third-order valence-corrected chi connectivity index (χ3v) is 4.52. The van der Waals surface area contributed by atoms with Gasteiger partial charge in [0.25, 0.3) is 0 Å². The van der Waals surface area contributed by atoms with Crippen molar-refractivity contribution in [3.63, 3.8) is 0 Å². The first-order valence-electron chi connectivity index (χ1n) is 7.32. The Morgan fingerprint density at radius 2 is 2.04 bits per heavy atom. The van der Waals surface area contributed by atoms with Crippen LogP contribution in [-0.4, -0.2) is 33.4 Å². The Hall–Kier alpha value is -2.20. The van der Waals surface area contributed by atoms with Gasteiger partial charge in [-0.1, -0.05) is 29.2 Å². The van der Waals surface area contributed by atoms with Crippen LogP contribution in [0.2, 0.25) is 0 Å². The van der Waals surface area contributed by atoms with Crippen molar-refractivity contribution in [2.75, 3.05) is 11.1 Å². The van der Waals surface area contributed by atoms with Gasteiger partial charge < -0.3 is 10.6 Å². The van der Waals surface area contributed by atoms with Crippen molar-refractivity contribution in [2.45, 2.75) is 30.6 Å². The second kappa shape index (κ2) is 8.26. The Morgan fingerprint density at radius 3 is 2.72 bits per heavy atom.